The molecular formula is C35H27N5O3. The lowest BCUT2D eigenvalue weighted by Gasteiger charge is -2.28. The van der Waals surface area contributed by atoms with Gasteiger partial charge in [0.25, 0.3) is 0 Å². The van der Waals surface area contributed by atoms with Crippen LogP contribution in [0, 0.1) is 10.8 Å². The predicted octanol–water partition coefficient (Wildman–Crippen LogP) is 7.46. The van der Waals surface area contributed by atoms with Gasteiger partial charge >= 0.3 is 0 Å². The fraction of sp³-hybridized carbons (Fsp3) is 0.171. The number of carbonyl (C=O) groups is 2. The summed E-state index contributed by atoms with van der Waals surface area (Å²) in [5, 5.41) is 3.97. The third-order valence-corrected chi connectivity index (χ3v) is 9.28. The number of para-hydroxylation sites is 4. The predicted molar refractivity (Wildman–Crippen MR) is 167 cm³/mol. The van der Waals surface area contributed by atoms with E-state index in [9.17, 15) is 9.59 Å². The third-order valence-electron chi connectivity index (χ3n) is 9.28. The van der Waals surface area contributed by atoms with Gasteiger partial charge in [0, 0.05) is 21.5 Å². The van der Waals surface area contributed by atoms with Crippen molar-refractivity contribution >= 4 is 61.5 Å². The van der Waals surface area contributed by atoms with E-state index in [2.05, 4.69) is 12.1 Å². The quantitative estimate of drug-likeness (QED) is 0.206. The van der Waals surface area contributed by atoms with Crippen molar-refractivity contribution in [1.82, 2.24) is 19.5 Å². The lowest BCUT2D eigenvalue weighted by molar-refractivity contribution is -0.129. The second kappa shape index (κ2) is 8.58. The molecule has 43 heavy (non-hydrogen) atoms. The summed E-state index contributed by atoms with van der Waals surface area (Å²) < 4.78 is 8.29. The van der Waals surface area contributed by atoms with Gasteiger partial charge in [0.15, 0.2) is 5.82 Å². The standard InChI is InChI=1S/C35H27N5O3/c1-34(2)30(41)40(31(42)35(34,3)4)33-37-29(24-16-11-15-23-22-14-7-10-19-27(22)43-28(23)24)36-32(38-33)39-25-17-8-5-12-20(25)21-13-6-9-18-26(21)39/h5-19H,1-4H3. The first kappa shape index (κ1) is 25.3. The highest BCUT2D eigenvalue weighted by molar-refractivity contribution is 6.24. The lowest BCUT2D eigenvalue weighted by Crippen LogP contribution is -2.35. The molecule has 0 bridgehead atoms. The summed E-state index contributed by atoms with van der Waals surface area (Å²) in [6, 6.07) is 29.7. The molecule has 1 saturated heterocycles. The van der Waals surface area contributed by atoms with Crippen molar-refractivity contribution in [3.63, 3.8) is 0 Å². The van der Waals surface area contributed by atoms with Gasteiger partial charge in [0.05, 0.1) is 27.4 Å². The van der Waals surface area contributed by atoms with E-state index < -0.39 is 10.8 Å². The summed E-state index contributed by atoms with van der Waals surface area (Å²) in [7, 11) is 0. The molecule has 0 saturated carbocycles. The van der Waals surface area contributed by atoms with Gasteiger partial charge in [-0.05, 0) is 52.0 Å². The van der Waals surface area contributed by atoms with Gasteiger partial charge in [-0.2, -0.15) is 15.0 Å². The van der Waals surface area contributed by atoms with Gasteiger partial charge < -0.3 is 4.42 Å². The minimum Gasteiger partial charge on any atom is -0.455 e. The van der Waals surface area contributed by atoms with Gasteiger partial charge in [0.2, 0.25) is 23.7 Å². The van der Waals surface area contributed by atoms with Crippen LogP contribution >= 0.6 is 0 Å². The maximum absolute atomic E-state index is 13.8. The molecule has 1 aliphatic heterocycles. The van der Waals surface area contributed by atoms with Gasteiger partial charge in [-0.25, -0.2) is 4.90 Å². The molecule has 0 aliphatic carbocycles. The summed E-state index contributed by atoms with van der Waals surface area (Å²) in [6.45, 7) is 7.16. The van der Waals surface area contributed by atoms with E-state index in [-0.39, 0.29) is 17.8 Å². The number of imide groups is 1. The SMILES string of the molecule is CC1(C)C(=O)N(c2nc(-c3cccc4c3oc3ccccc34)nc(-n3c4ccccc4c4ccccc43)n2)C(=O)C1(C)C. The van der Waals surface area contributed by atoms with Crippen LogP contribution in [-0.2, 0) is 9.59 Å². The molecule has 0 N–H and O–H groups in total. The molecule has 8 nitrogen and oxygen atoms in total. The Morgan fingerprint density at radius 1 is 0.581 bits per heavy atom. The summed E-state index contributed by atoms with van der Waals surface area (Å²) in [4.78, 5) is 43.4. The zero-order valence-electron chi connectivity index (χ0n) is 24.1. The number of rotatable bonds is 3. The largest absolute Gasteiger partial charge is 0.455 e. The molecule has 0 radical (unpaired) electrons. The Kier molecular flexibility index (Phi) is 5.06. The Labute approximate surface area is 246 Å². The van der Waals surface area contributed by atoms with Crippen LogP contribution in [0.5, 0.6) is 0 Å². The van der Waals surface area contributed by atoms with E-state index in [1.807, 2.05) is 83.4 Å². The highest BCUT2D eigenvalue weighted by Crippen LogP contribution is 2.48. The highest BCUT2D eigenvalue weighted by Gasteiger charge is 2.60. The summed E-state index contributed by atoms with van der Waals surface area (Å²) in [6.07, 6.45) is 0. The number of hydrogen-bond acceptors (Lipinski definition) is 6. The first-order chi connectivity index (χ1) is 20.7. The van der Waals surface area contributed by atoms with Gasteiger partial charge in [-0.1, -0.05) is 66.7 Å². The van der Waals surface area contributed by atoms with E-state index in [0.717, 1.165) is 43.1 Å². The Hall–Kier alpha value is -5.37. The molecule has 4 heterocycles. The van der Waals surface area contributed by atoms with Crippen molar-refractivity contribution in [3.05, 3.63) is 91.0 Å². The number of benzene rings is 4. The molecule has 3 aromatic heterocycles. The lowest BCUT2D eigenvalue weighted by atomic mass is 9.70. The average molecular weight is 566 g/mol. The zero-order chi connectivity index (χ0) is 29.7. The van der Waals surface area contributed by atoms with Crippen molar-refractivity contribution in [1.29, 1.82) is 0 Å². The molecule has 1 fully saturated rings. The first-order valence-corrected chi connectivity index (χ1v) is 14.2. The summed E-state index contributed by atoms with van der Waals surface area (Å²) >= 11 is 0. The molecule has 2 amide bonds. The zero-order valence-corrected chi connectivity index (χ0v) is 24.1. The topological polar surface area (TPSA) is 94.1 Å². The Morgan fingerprint density at radius 3 is 1.77 bits per heavy atom. The number of nitrogens with zero attached hydrogens (tertiary/aromatic N) is 5. The molecule has 8 heteroatoms. The molecule has 8 rings (SSSR count). The Balaban J connectivity index is 1.46. The molecule has 1 aliphatic rings. The van der Waals surface area contributed by atoms with E-state index >= 15 is 0 Å². The Morgan fingerprint density at radius 2 is 1.12 bits per heavy atom. The van der Waals surface area contributed by atoms with E-state index in [1.165, 1.54) is 0 Å². The molecule has 0 atom stereocenters. The molecule has 7 aromatic rings. The Bertz CT molecular complexity index is 2230. The van der Waals surface area contributed by atoms with Crippen molar-refractivity contribution in [2.75, 3.05) is 4.90 Å². The number of hydrogen-bond donors (Lipinski definition) is 0. The average Bonchev–Trinajstić information content (AvgIpc) is 3.60. The van der Waals surface area contributed by atoms with Crippen molar-refractivity contribution in [2.24, 2.45) is 10.8 Å². The fourth-order valence-corrected chi connectivity index (χ4v) is 6.10. The van der Waals surface area contributed by atoms with Crippen molar-refractivity contribution in [3.8, 4) is 17.3 Å². The number of amides is 2. The number of fused-ring (bicyclic) bond motifs is 6. The molecule has 0 spiro atoms. The van der Waals surface area contributed by atoms with Crippen LogP contribution in [0.1, 0.15) is 27.7 Å². The van der Waals surface area contributed by atoms with E-state index in [4.69, 9.17) is 19.4 Å². The van der Waals surface area contributed by atoms with Crippen LogP contribution in [0.15, 0.2) is 95.4 Å². The molecular weight excluding hydrogens is 538 g/mol. The number of carbonyl (C=O) groups excluding carboxylic acids is 2. The monoisotopic (exact) mass is 565 g/mol. The number of aromatic nitrogens is 4. The highest BCUT2D eigenvalue weighted by atomic mass is 16.3. The maximum Gasteiger partial charge on any atom is 0.244 e. The third kappa shape index (κ3) is 3.34. The van der Waals surface area contributed by atoms with Crippen molar-refractivity contribution < 1.29 is 14.0 Å². The van der Waals surface area contributed by atoms with Crippen LogP contribution in [-0.4, -0.2) is 31.3 Å². The number of anilines is 1. The van der Waals surface area contributed by atoms with Crippen LogP contribution in [0.2, 0.25) is 0 Å². The second-order valence-corrected chi connectivity index (χ2v) is 12.1. The van der Waals surface area contributed by atoms with Gasteiger partial charge in [-0.15, -0.1) is 0 Å². The van der Waals surface area contributed by atoms with Crippen molar-refractivity contribution in [2.45, 2.75) is 27.7 Å². The maximum atomic E-state index is 13.8. The summed E-state index contributed by atoms with van der Waals surface area (Å²) in [5.74, 6) is -0.114. The summed E-state index contributed by atoms with van der Waals surface area (Å²) in [5.41, 5.74) is 1.88. The van der Waals surface area contributed by atoms with E-state index in [0.29, 0.717) is 22.9 Å². The minimum absolute atomic E-state index is 0.0105. The first-order valence-electron chi connectivity index (χ1n) is 14.2. The van der Waals surface area contributed by atoms with Crippen LogP contribution in [0.4, 0.5) is 5.95 Å². The fourth-order valence-electron chi connectivity index (χ4n) is 6.10. The molecule has 4 aromatic carbocycles. The second-order valence-electron chi connectivity index (χ2n) is 12.1. The van der Waals surface area contributed by atoms with Crippen LogP contribution in [0.25, 0.3) is 61.1 Å². The van der Waals surface area contributed by atoms with Gasteiger partial charge in [-0.3, -0.25) is 14.2 Å². The van der Waals surface area contributed by atoms with Crippen LogP contribution < -0.4 is 4.90 Å². The normalized spacial score (nSPS) is 16.3. The minimum atomic E-state index is -0.956. The smallest absolute Gasteiger partial charge is 0.244 e. The van der Waals surface area contributed by atoms with Gasteiger partial charge in [0.1, 0.15) is 11.2 Å². The molecule has 0 unspecified atom stereocenters. The molecule has 210 valence electrons. The van der Waals surface area contributed by atoms with E-state index in [1.54, 1.807) is 27.7 Å². The van der Waals surface area contributed by atoms with Crippen LogP contribution in [0.3, 0.4) is 0 Å². The number of furan rings is 1.